The molecule has 164 valence electrons. The van der Waals surface area contributed by atoms with E-state index >= 15 is 0 Å². The second-order valence-electron chi connectivity index (χ2n) is 10.9. The van der Waals surface area contributed by atoms with Crippen molar-refractivity contribution >= 4 is 31.9 Å². The number of phenols is 2. The van der Waals surface area contributed by atoms with Crippen LogP contribution in [0.5, 0.6) is 11.5 Å². The van der Waals surface area contributed by atoms with E-state index in [-0.39, 0.29) is 16.2 Å². The zero-order valence-electron chi connectivity index (χ0n) is 19.0. The molecule has 0 aliphatic heterocycles. The molecule has 0 heterocycles. The van der Waals surface area contributed by atoms with Crippen molar-refractivity contribution < 1.29 is 10.2 Å². The standard InChI is InChI=1S/C26H34Br2O2/c1-24(2,3)18-12-16(14-20(27)22(18)29)26(10-8-7-9-11-26)17-13-19(25(4,5)6)23(30)21(28)15-17/h12-15,29-30H,7-11H2,1-6H3. The Morgan fingerprint density at radius 1 is 0.667 bits per heavy atom. The summed E-state index contributed by atoms with van der Waals surface area (Å²) in [5.74, 6) is 0.666. The number of phenolic OH excluding ortho intramolecular Hbond substituents is 2. The van der Waals surface area contributed by atoms with Crippen LogP contribution in [0.15, 0.2) is 33.2 Å². The van der Waals surface area contributed by atoms with Crippen molar-refractivity contribution in [3.63, 3.8) is 0 Å². The summed E-state index contributed by atoms with van der Waals surface area (Å²) in [6, 6.07) is 8.63. The van der Waals surface area contributed by atoms with Gasteiger partial charge in [-0.2, -0.15) is 0 Å². The van der Waals surface area contributed by atoms with Crippen LogP contribution in [0.25, 0.3) is 0 Å². The molecule has 0 radical (unpaired) electrons. The molecule has 2 aromatic rings. The second-order valence-corrected chi connectivity index (χ2v) is 12.6. The van der Waals surface area contributed by atoms with E-state index in [1.54, 1.807) is 0 Å². The normalized spacial score (nSPS) is 17.2. The van der Waals surface area contributed by atoms with Gasteiger partial charge in [-0.05, 0) is 78.8 Å². The van der Waals surface area contributed by atoms with E-state index in [9.17, 15) is 10.2 Å². The first kappa shape index (κ1) is 23.7. The molecule has 3 rings (SSSR count). The van der Waals surface area contributed by atoms with E-state index in [4.69, 9.17) is 0 Å². The number of aromatic hydroxyl groups is 2. The highest BCUT2D eigenvalue weighted by atomic mass is 79.9. The van der Waals surface area contributed by atoms with Crippen LogP contribution in [0.4, 0.5) is 0 Å². The molecule has 0 aromatic heterocycles. The quantitative estimate of drug-likeness (QED) is 0.403. The predicted molar refractivity (Wildman–Crippen MR) is 133 cm³/mol. The van der Waals surface area contributed by atoms with Crippen LogP contribution in [0.3, 0.4) is 0 Å². The van der Waals surface area contributed by atoms with E-state index < -0.39 is 0 Å². The molecule has 0 saturated heterocycles. The summed E-state index contributed by atoms with van der Waals surface area (Å²) in [4.78, 5) is 0. The topological polar surface area (TPSA) is 40.5 Å². The zero-order chi connectivity index (χ0) is 22.5. The van der Waals surface area contributed by atoms with Gasteiger partial charge in [0, 0.05) is 16.5 Å². The SMILES string of the molecule is CC(C)(C)c1cc(C2(c3cc(Br)c(O)c(C(C)(C)C)c3)CCCCC2)cc(Br)c1O. The molecule has 0 spiro atoms. The van der Waals surface area contributed by atoms with Crippen molar-refractivity contribution in [2.45, 2.75) is 89.9 Å². The van der Waals surface area contributed by atoms with Gasteiger partial charge in [-0.25, -0.2) is 0 Å². The van der Waals surface area contributed by atoms with Crippen molar-refractivity contribution in [3.05, 3.63) is 55.5 Å². The summed E-state index contributed by atoms with van der Waals surface area (Å²) >= 11 is 7.25. The molecule has 2 aromatic carbocycles. The number of rotatable bonds is 2. The Morgan fingerprint density at radius 3 is 1.37 bits per heavy atom. The van der Waals surface area contributed by atoms with E-state index in [1.807, 2.05) is 0 Å². The smallest absolute Gasteiger partial charge is 0.133 e. The van der Waals surface area contributed by atoms with Crippen molar-refractivity contribution in [1.82, 2.24) is 0 Å². The molecule has 2 N–H and O–H groups in total. The number of halogens is 2. The minimum Gasteiger partial charge on any atom is -0.506 e. The molecule has 0 atom stereocenters. The monoisotopic (exact) mass is 536 g/mol. The maximum Gasteiger partial charge on any atom is 0.133 e. The van der Waals surface area contributed by atoms with Gasteiger partial charge in [-0.15, -0.1) is 0 Å². The summed E-state index contributed by atoms with van der Waals surface area (Å²) in [7, 11) is 0. The van der Waals surface area contributed by atoms with Crippen LogP contribution in [0.2, 0.25) is 0 Å². The number of hydrogen-bond donors (Lipinski definition) is 2. The van der Waals surface area contributed by atoms with Crippen LogP contribution in [0, 0.1) is 0 Å². The van der Waals surface area contributed by atoms with E-state index in [2.05, 4.69) is 97.7 Å². The molecule has 0 unspecified atom stereocenters. The van der Waals surface area contributed by atoms with Crippen molar-refractivity contribution in [3.8, 4) is 11.5 Å². The van der Waals surface area contributed by atoms with Gasteiger partial charge in [0.1, 0.15) is 11.5 Å². The summed E-state index contributed by atoms with van der Waals surface area (Å²) in [5.41, 5.74) is 3.96. The van der Waals surface area contributed by atoms with E-state index in [0.717, 1.165) is 32.9 Å². The lowest BCUT2D eigenvalue weighted by Gasteiger charge is -2.40. The lowest BCUT2D eigenvalue weighted by atomic mass is 9.64. The first-order valence-corrected chi connectivity index (χ1v) is 12.4. The number of hydrogen-bond acceptors (Lipinski definition) is 2. The maximum atomic E-state index is 10.8. The summed E-state index contributed by atoms with van der Waals surface area (Å²) in [5, 5.41) is 21.5. The van der Waals surface area contributed by atoms with Gasteiger partial charge in [-0.3, -0.25) is 0 Å². The molecule has 1 saturated carbocycles. The third-order valence-corrected chi connectivity index (χ3v) is 7.76. The van der Waals surface area contributed by atoms with Gasteiger partial charge < -0.3 is 10.2 Å². The molecule has 0 bridgehead atoms. The molecule has 4 heteroatoms. The third-order valence-electron chi connectivity index (χ3n) is 6.56. The van der Waals surface area contributed by atoms with Crippen LogP contribution >= 0.6 is 31.9 Å². The summed E-state index contributed by atoms with van der Waals surface area (Å²) in [6.45, 7) is 12.8. The summed E-state index contributed by atoms with van der Waals surface area (Å²) in [6.07, 6.45) is 5.72. The third kappa shape index (κ3) is 4.32. The van der Waals surface area contributed by atoms with E-state index in [0.29, 0.717) is 11.5 Å². The Labute approximate surface area is 198 Å². The Balaban J connectivity index is 2.31. The fourth-order valence-corrected chi connectivity index (χ4v) is 5.71. The highest BCUT2D eigenvalue weighted by Gasteiger charge is 2.39. The molecular formula is C26H34Br2O2. The Kier molecular flexibility index (Phi) is 6.44. The van der Waals surface area contributed by atoms with Gasteiger partial charge in [0.25, 0.3) is 0 Å². The minimum atomic E-state index is -0.162. The minimum absolute atomic E-state index is 0.134. The second kappa shape index (κ2) is 8.16. The first-order valence-electron chi connectivity index (χ1n) is 10.8. The average molecular weight is 538 g/mol. The molecule has 1 fully saturated rings. The maximum absolute atomic E-state index is 10.8. The largest absolute Gasteiger partial charge is 0.506 e. The lowest BCUT2D eigenvalue weighted by Crippen LogP contribution is -2.31. The highest BCUT2D eigenvalue weighted by molar-refractivity contribution is 9.10. The first-order chi connectivity index (χ1) is 13.8. The van der Waals surface area contributed by atoms with Gasteiger partial charge in [0.2, 0.25) is 0 Å². The zero-order valence-corrected chi connectivity index (χ0v) is 22.2. The molecule has 30 heavy (non-hydrogen) atoms. The summed E-state index contributed by atoms with van der Waals surface area (Å²) < 4.78 is 1.51. The molecule has 0 amide bonds. The fraction of sp³-hybridized carbons (Fsp3) is 0.538. The van der Waals surface area contributed by atoms with Crippen molar-refractivity contribution in [1.29, 1.82) is 0 Å². The molecule has 1 aliphatic rings. The van der Waals surface area contributed by atoms with E-state index in [1.165, 1.54) is 30.4 Å². The number of benzene rings is 2. The van der Waals surface area contributed by atoms with Gasteiger partial charge in [0.15, 0.2) is 0 Å². The molecular weight excluding hydrogens is 504 g/mol. The van der Waals surface area contributed by atoms with Gasteiger partial charge >= 0.3 is 0 Å². The fourth-order valence-electron chi connectivity index (χ4n) is 4.79. The Morgan fingerprint density at radius 2 is 1.03 bits per heavy atom. The average Bonchev–Trinajstić information content (AvgIpc) is 2.64. The lowest BCUT2D eigenvalue weighted by molar-refractivity contribution is 0.342. The highest BCUT2D eigenvalue weighted by Crippen LogP contribution is 2.51. The van der Waals surface area contributed by atoms with Crippen LogP contribution in [0.1, 0.15) is 95.9 Å². The molecule has 2 nitrogen and oxygen atoms in total. The Bertz CT molecular complexity index is 871. The van der Waals surface area contributed by atoms with Crippen molar-refractivity contribution in [2.75, 3.05) is 0 Å². The van der Waals surface area contributed by atoms with Crippen LogP contribution < -0.4 is 0 Å². The van der Waals surface area contributed by atoms with Gasteiger partial charge in [-0.1, -0.05) is 72.9 Å². The van der Waals surface area contributed by atoms with Crippen molar-refractivity contribution in [2.24, 2.45) is 0 Å². The van der Waals surface area contributed by atoms with Crippen LogP contribution in [-0.4, -0.2) is 10.2 Å². The van der Waals surface area contributed by atoms with Gasteiger partial charge in [0.05, 0.1) is 8.95 Å². The van der Waals surface area contributed by atoms with Crippen LogP contribution in [-0.2, 0) is 16.2 Å². The Hall–Kier alpha value is -1.00. The predicted octanol–water partition coefficient (Wildman–Crippen LogP) is 8.47. The molecule has 1 aliphatic carbocycles.